The molecule has 0 aliphatic carbocycles. The minimum absolute atomic E-state index is 0.800. The van der Waals surface area contributed by atoms with E-state index in [-0.39, 0.29) is 0 Å². The van der Waals surface area contributed by atoms with E-state index in [2.05, 4.69) is 9.97 Å². The zero-order chi connectivity index (χ0) is 13.4. The predicted octanol–water partition coefficient (Wildman–Crippen LogP) is 3.11. The molecule has 4 heteroatoms. The second-order valence-corrected chi connectivity index (χ2v) is 4.34. The number of methoxy groups -OCH3 is 2. The Hall–Kier alpha value is -2.36. The zero-order valence-corrected chi connectivity index (χ0v) is 11.1. The first-order valence-electron chi connectivity index (χ1n) is 6.01. The molecule has 0 saturated heterocycles. The molecule has 0 spiro atoms. The fourth-order valence-corrected chi connectivity index (χ4v) is 2.31. The second-order valence-electron chi connectivity index (χ2n) is 4.34. The number of aromatic nitrogens is 2. The van der Waals surface area contributed by atoms with Gasteiger partial charge < -0.3 is 9.47 Å². The van der Waals surface area contributed by atoms with Crippen LogP contribution in [0.3, 0.4) is 0 Å². The molecule has 0 bridgehead atoms. The van der Waals surface area contributed by atoms with Gasteiger partial charge in [-0.2, -0.15) is 0 Å². The molecule has 4 nitrogen and oxygen atoms in total. The Morgan fingerprint density at radius 3 is 2.26 bits per heavy atom. The SMILES string of the molecule is COc1ccnc2c1ccc1c(OC)cc(C)nc12. The molecule has 0 fully saturated rings. The van der Waals surface area contributed by atoms with E-state index < -0.39 is 0 Å². The van der Waals surface area contributed by atoms with Gasteiger partial charge in [0.15, 0.2) is 0 Å². The first-order chi connectivity index (χ1) is 9.24. The van der Waals surface area contributed by atoms with E-state index in [1.807, 2.05) is 31.2 Å². The molecule has 0 radical (unpaired) electrons. The van der Waals surface area contributed by atoms with E-state index in [4.69, 9.17) is 9.47 Å². The lowest BCUT2D eigenvalue weighted by Crippen LogP contribution is -1.93. The molecule has 0 unspecified atom stereocenters. The zero-order valence-electron chi connectivity index (χ0n) is 11.1. The lowest BCUT2D eigenvalue weighted by Gasteiger charge is -2.10. The average molecular weight is 254 g/mol. The monoisotopic (exact) mass is 254 g/mol. The standard InChI is InChI=1S/C15H14N2O2/c1-9-8-13(19-3)11-5-4-10-12(18-2)6-7-16-14(10)15(11)17-9/h4-8H,1-3H3. The van der Waals surface area contributed by atoms with Crippen molar-refractivity contribution >= 4 is 21.8 Å². The highest BCUT2D eigenvalue weighted by molar-refractivity contribution is 6.06. The summed E-state index contributed by atoms with van der Waals surface area (Å²) < 4.78 is 10.8. The summed E-state index contributed by atoms with van der Waals surface area (Å²) in [6.45, 7) is 1.95. The molecule has 0 aliphatic rings. The number of aryl methyl sites for hydroxylation is 1. The van der Waals surface area contributed by atoms with Gasteiger partial charge in [0.05, 0.1) is 14.2 Å². The van der Waals surface area contributed by atoms with E-state index in [9.17, 15) is 0 Å². The van der Waals surface area contributed by atoms with Crippen LogP contribution < -0.4 is 9.47 Å². The largest absolute Gasteiger partial charge is 0.496 e. The molecule has 0 amide bonds. The molecule has 3 rings (SSSR count). The molecule has 0 saturated carbocycles. The van der Waals surface area contributed by atoms with E-state index >= 15 is 0 Å². The van der Waals surface area contributed by atoms with Crippen molar-refractivity contribution in [3.05, 3.63) is 36.2 Å². The van der Waals surface area contributed by atoms with Crippen molar-refractivity contribution in [2.75, 3.05) is 14.2 Å². The van der Waals surface area contributed by atoms with Gasteiger partial charge in [0.25, 0.3) is 0 Å². The third-order valence-corrected chi connectivity index (χ3v) is 3.18. The molecular formula is C15H14N2O2. The summed E-state index contributed by atoms with van der Waals surface area (Å²) >= 11 is 0. The van der Waals surface area contributed by atoms with Crippen LogP contribution in [-0.4, -0.2) is 24.2 Å². The van der Waals surface area contributed by atoms with Crippen molar-refractivity contribution in [3.8, 4) is 11.5 Å². The quantitative estimate of drug-likeness (QED) is 0.659. The van der Waals surface area contributed by atoms with Gasteiger partial charge in [-0.1, -0.05) is 0 Å². The van der Waals surface area contributed by atoms with Gasteiger partial charge in [0.2, 0.25) is 0 Å². The van der Waals surface area contributed by atoms with E-state index in [0.29, 0.717) is 0 Å². The molecular weight excluding hydrogens is 240 g/mol. The van der Waals surface area contributed by atoms with E-state index in [1.165, 1.54) is 0 Å². The molecule has 1 aromatic carbocycles. The number of benzene rings is 1. The summed E-state index contributed by atoms with van der Waals surface area (Å²) in [6.07, 6.45) is 1.73. The van der Waals surface area contributed by atoms with Crippen molar-refractivity contribution in [3.63, 3.8) is 0 Å². The maximum Gasteiger partial charge on any atom is 0.130 e. The number of hydrogen-bond donors (Lipinski definition) is 0. The van der Waals surface area contributed by atoms with Crippen LogP contribution in [-0.2, 0) is 0 Å². The Morgan fingerprint density at radius 2 is 1.58 bits per heavy atom. The minimum atomic E-state index is 0.800. The van der Waals surface area contributed by atoms with Crippen molar-refractivity contribution in [1.29, 1.82) is 0 Å². The highest BCUT2D eigenvalue weighted by atomic mass is 16.5. The molecule has 3 aromatic rings. The maximum atomic E-state index is 5.41. The number of rotatable bonds is 2. The molecule has 2 aromatic heterocycles. The first kappa shape index (κ1) is 11.7. The molecule has 19 heavy (non-hydrogen) atoms. The maximum absolute atomic E-state index is 5.41. The van der Waals surface area contributed by atoms with E-state index in [0.717, 1.165) is 39.0 Å². The minimum Gasteiger partial charge on any atom is -0.496 e. The van der Waals surface area contributed by atoms with Gasteiger partial charge in [-0.25, -0.2) is 0 Å². The normalized spacial score (nSPS) is 10.9. The van der Waals surface area contributed by atoms with Crippen LogP contribution in [0.2, 0.25) is 0 Å². The summed E-state index contributed by atoms with van der Waals surface area (Å²) in [7, 11) is 3.32. The highest BCUT2D eigenvalue weighted by Gasteiger charge is 2.11. The van der Waals surface area contributed by atoms with Crippen LogP contribution in [0.4, 0.5) is 0 Å². The van der Waals surface area contributed by atoms with Crippen molar-refractivity contribution in [1.82, 2.24) is 9.97 Å². The Kier molecular flexibility index (Phi) is 2.71. The first-order valence-corrected chi connectivity index (χ1v) is 6.01. The topological polar surface area (TPSA) is 44.2 Å². The summed E-state index contributed by atoms with van der Waals surface area (Å²) in [5, 5.41) is 1.92. The van der Waals surface area contributed by atoms with Crippen LogP contribution >= 0.6 is 0 Å². The average Bonchev–Trinajstić information content (AvgIpc) is 2.45. The van der Waals surface area contributed by atoms with Gasteiger partial charge in [0.1, 0.15) is 22.5 Å². The predicted molar refractivity (Wildman–Crippen MR) is 74.9 cm³/mol. The number of ether oxygens (including phenoxy) is 2. The fourth-order valence-electron chi connectivity index (χ4n) is 2.31. The van der Waals surface area contributed by atoms with Crippen molar-refractivity contribution in [2.24, 2.45) is 0 Å². The fraction of sp³-hybridized carbons (Fsp3) is 0.200. The summed E-state index contributed by atoms with van der Waals surface area (Å²) in [6, 6.07) is 7.76. The molecule has 96 valence electrons. The lowest BCUT2D eigenvalue weighted by atomic mass is 10.1. The molecule has 2 heterocycles. The number of hydrogen-bond acceptors (Lipinski definition) is 4. The third kappa shape index (κ3) is 1.76. The number of nitrogens with zero attached hydrogens (tertiary/aromatic N) is 2. The Balaban J connectivity index is 2.50. The Bertz CT molecular complexity index is 769. The highest BCUT2D eigenvalue weighted by Crippen LogP contribution is 2.33. The van der Waals surface area contributed by atoms with Gasteiger partial charge in [-0.15, -0.1) is 0 Å². The smallest absolute Gasteiger partial charge is 0.130 e. The van der Waals surface area contributed by atoms with Gasteiger partial charge in [-0.3, -0.25) is 9.97 Å². The second kappa shape index (κ2) is 4.39. The summed E-state index contributed by atoms with van der Waals surface area (Å²) in [5.74, 6) is 1.61. The molecule has 0 aliphatic heterocycles. The van der Waals surface area contributed by atoms with Crippen LogP contribution in [0.15, 0.2) is 30.5 Å². The van der Waals surface area contributed by atoms with Crippen molar-refractivity contribution < 1.29 is 9.47 Å². The van der Waals surface area contributed by atoms with Crippen LogP contribution in [0, 0.1) is 6.92 Å². The number of pyridine rings is 2. The Morgan fingerprint density at radius 1 is 0.895 bits per heavy atom. The van der Waals surface area contributed by atoms with E-state index in [1.54, 1.807) is 20.4 Å². The van der Waals surface area contributed by atoms with Gasteiger partial charge in [0, 0.05) is 28.7 Å². The van der Waals surface area contributed by atoms with Crippen LogP contribution in [0.5, 0.6) is 11.5 Å². The molecule has 0 N–H and O–H groups in total. The van der Waals surface area contributed by atoms with Crippen molar-refractivity contribution in [2.45, 2.75) is 6.92 Å². The lowest BCUT2D eigenvalue weighted by molar-refractivity contribution is 0.418. The van der Waals surface area contributed by atoms with Gasteiger partial charge in [-0.05, 0) is 25.1 Å². The summed E-state index contributed by atoms with van der Waals surface area (Å²) in [4.78, 5) is 9.03. The molecule has 0 atom stereocenters. The van der Waals surface area contributed by atoms with Gasteiger partial charge >= 0.3 is 0 Å². The Labute approximate surface area is 111 Å². The number of fused-ring (bicyclic) bond motifs is 3. The third-order valence-electron chi connectivity index (χ3n) is 3.18. The van der Waals surface area contributed by atoms with Crippen LogP contribution in [0.25, 0.3) is 21.8 Å². The summed E-state index contributed by atoms with van der Waals surface area (Å²) in [5.41, 5.74) is 2.58. The van der Waals surface area contributed by atoms with Crippen LogP contribution in [0.1, 0.15) is 5.69 Å².